The lowest BCUT2D eigenvalue weighted by Gasteiger charge is -2.41. The van der Waals surface area contributed by atoms with Crippen molar-refractivity contribution in [3.8, 4) is 24.2 Å². The number of halogens is 4. The molecule has 6 aliphatic rings. The number of hydrogen-bond donors (Lipinski definition) is 1. The van der Waals surface area contributed by atoms with E-state index in [4.69, 9.17) is 49.1 Å². The van der Waals surface area contributed by atoms with Crippen molar-refractivity contribution in [3.05, 3.63) is 112 Å². The fourth-order valence-corrected chi connectivity index (χ4v) is 19.8. The molecule has 0 radical (unpaired) electrons. The van der Waals surface area contributed by atoms with Crippen LogP contribution >= 0.6 is 63.7 Å². The third kappa shape index (κ3) is 36.2. The van der Waals surface area contributed by atoms with Crippen LogP contribution in [0.2, 0.25) is 0 Å². The Hall–Kier alpha value is -6.13. The molecule has 4 aromatic rings. The Morgan fingerprint density at radius 2 is 0.752 bits per heavy atom. The van der Waals surface area contributed by atoms with Gasteiger partial charge in [-0.2, -0.15) is 0 Å². The number of esters is 4. The van der Waals surface area contributed by atoms with Gasteiger partial charge in [0.2, 0.25) is 0 Å². The number of alkyl halides is 1. The van der Waals surface area contributed by atoms with Gasteiger partial charge in [-0.25, -0.2) is 24.0 Å². The Balaban J connectivity index is 0.000000291. The maximum Gasteiger partial charge on any atom is 0.410 e. The summed E-state index contributed by atoms with van der Waals surface area (Å²) in [5, 5.41) is 4.32. The molecule has 129 heavy (non-hydrogen) atoms. The predicted molar refractivity (Wildman–Crippen MR) is 537 cm³/mol. The molecule has 25 nitrogen and oxygen atoms in total. The second-order valence-electron chi connectivity index (χ2n) is 34.8. The number of carbonyl (C=O) groups is 5. The van der Waals surface area contributed by atoms with Gasteiger partial charge in [-0.3, -0.25) is 9.80 Å². The van der Waals surface area contributed by atoms with Crippen LogP contribution < -0.4 is 24.9 Å². The van der Waals surface area contributed by atoms with Gasteiger partial charge < -0.3 is 87.0 Å². The molecule has 0 aromatic heterocycles. The van der Waals surface area contributed by atoms with Crippen molar-refractivity contribution >= 4 is 116 Å². The molecule has 0 atom stereocenters. The van der Waals surface area contributed by atoms with Gasteiger partial charge in [-0.15, -0.1) is 6.42 Å². The van der Waals surface area contributed by atoms with Gasteiger partial charge in [-0.1, -0.05) is 81.5 Å². The van der Waals surface area contributed by atoms with Crippen molar-refractivity contribution in [2.45, 2.75) is 233 Å². The summed E-state index contributed by atoms with van der Waals surface area (Å²) < 4.78 is 53.8. The Morgan fingerprint density at radius 1 is 0.450 bits per heavy atom. The molecule has 1 N–H and O–H groups in total. The van der Waals surface area contributed by atoms with Crippen LogP contribution in [0.3, 0.4) is 0 Å². The third-order valence-corrected chi connectivity index (χ3v) is 27.3. The molecule has 2 aliphatic heterocycles. The van der Waals surface area contributed by atoms with E-state index < -0.39 is 5.60 Å². The fourth-order valence-electron chi connectivity index (χ4n) is 18.1. The van der Waals surface area contributed by atoms with Crippen molar-refractivity contribution in [1.29, 1.82) is 0 Å². The number of rotatable bonds is 30. The van der Waals surface area contributed by atoms with Crippen LogP contribution in [0.25, 0.3) is 0 Å². The standard InChI is InChI=1S/C28H43N3O4.C23H35BrN2O4.C21H33BrN2O3.C18H27BrN2O2.C7H11NO.C3H7BrO/c1-6-31(25-11-9-24(10-12-25)29(3)14-17-33-4)27-21-23(20-26(22(27)2)28(32)34-5)8-7-13-30-15-18-35-19-16-30;1-8-26(20-14-16(24)13-19(15(20)2)21(27)29-7)18-11-9-17(10-12-18)25(6)22(28)30-23(3,4)5;1-6-24(18-9-7-17(8-10-18)23(3)11-12-26-4)20-14-16(22)13-19(15(20)2)21(25)27-5;1-5-21(15-8-6-14(20-3)7-9-15)17-11-13(19)10-16(12(17)2)18(22)23-4;1-2-3-8-4-6-9-7-5-8;1-5-3-2-4/h20-21,24-25H,6,9-19H2,1-5H3;13-14,17-18H,8-12H2,1-7H3;13-14,17-18H,6-12H2,1-5H3;10-11,14-15,20H,5-9H2,1-4H3;1H,3-7H2;2-3H2,1H3. The summed E-state index contributed by atoms with van der Waals surface area (Å²) in [4.78, 5) is 82.3. The average Bonchev–Trinajstić information content (AvgIpc) is 0.809. The first kappa shape index (κ1) is 113. The predicted octanol–water partition coefficient (Wildman–Crippen LogP) is 17.9. The number of morpholine rings is 2. The third-order valence-electron chi connectivity index (χ3n) is 25.6. The zero-order chi connectivity index (χ0) is 95.5. The van der Waals surface area contributed by atoms with Gasteiger partial charge in [0, 0.05) is 189 Å². The van der Waals surface area contributed by atoms with Crippen LogP contribution in [0.1, 0.15) is 220 Å². The smallest absolute Gasteiger partial charge is 0.410 e. The minimum Gasteiger partial charge on any atom is -0.465 e. The highest BCUT2D eigenvalue weighted by Crippen LogP contribution is 2.40. The van der Waals surface area contributed by atoms with E-state index in [0.717, 1.165) is 239 Å². The number of nitrogens with one attached hydrogen (secondary N) is 1. The molecule has 0 spiro atoms. The summed E-state index contributed by atoms with van der Waals surface area (Å²) in [6.07, 6.45) is 22.8. The van der Waals surface area contributed by atoms with Gasteiger partial charge in [-0.05, 0) is 271 Å². The molecule has 2 saturated heterocycles. The van der Waals surface area contributed by atoms with E-state index >= 15 is 0 Å². The molecular formula is C100H156Br4N10O15. The number of anilines is 4. The topological polar surface area (TPSA) is 219 Å². The Bertz CT molecular complexity index is 4130. The number of likely N-dealkylation sites (N-methyl/N-ethyl adjacent to an activating group) is 2. The van der Waals surface area contributed by atoms with Gasteiger partial charge in [0.05, 0.1) is 110 Å². The van der Waals surface area contributed by atoms with Crippen LogP contribution in [0.15, 0.2) is 61.9 Å². The minimum atomic E-state index is -0.489. The SMILES string of the molecule is C#CCN1CCOCC1.CCN(c1cc(Br)cc(C(=O)OC)c1C)C1CCC(N(C)C(=O)OC(C)(C)C)CC1.CCN(c1cc(Br)cc(C(=O)OC)c1C)C1CCC(N(C)CCOC)CC1.CCN(c1cc(Br)cc(C(=O)OC)c1C)C1CCC(NC)CC1.CCN(c1cc(C#CCN2CCOCC2)cc(C(=O)OC)c1C)C1CCC(N(C)CCOC)CC1.COCCBr. The van der Waals surface area contributed by atoms with E-state index in [0.29, 0.717) is 71.1 Å². The maximum atomic E-state index is 12.6. The zero-order valence-electron chi connectivity index (χ0n) is 81.9. The van der Waals surface area contributed by atoms with Crippen LogP contribution in [0, 0.1) is 51.9 Å². The van der Waals surface area contributed by atoms with Crippen molar-refractivity contribution in [2.24, 2.45) is 0 Å². The van der Waals surface area contributed by atoms with Crippen LogP contribution in [-0.4, -0.2) is 316 Å². The van der Waals surface area contributed by atoms with E-state index in [-0.39, 0.29) is 36.0 Å². The van der Waals surface area contributed by atoms with Crippen LogP contribution in [0.4, 0.5) is 27.5 Å². The van der Waals surface area contributed by atoms with Crippen molar-refractivity contribution < 1.29 is 71.3 Å². The number of benzene rings is 4. The summed E-state index contributed by atoms with van der Waals surface area (Å²) in [6.45, 7) is 38.8. The van der Waals surface area contributed by atoms with E-state index in [9.17, 15) is 24.0 Å². The number of amides is 1. The lowest BCUT2D eigenvalue weighted by atomic mass is 9.88. The number of hydrogen-bond acceptors (Lipinski definition) is 24. The summed E-state index contributed by atoms with van der Waals surface area (Å²) in [5.74, 6) is 8.04. The van der Waals surface area contributed by atoms with Crippen molar-refractivity contribution in [1.82, 2.24) is 29.8 Å². The summed E-state index contributed by atoms with van der Waals surface area (Å²) in [5.41, 5.74) is 11.1. The number of carbonyl (C=O) groups excluding carboxylic acids is 5. The molecule has 10 rings (SSSR count). The molecule has 4 saturated carbocycles. The van der Waals surface area contributed by atoms with Crippen molar-refractivity contribution in [3.63, 3.8) is 0 Å². The number of terminal acetylenes is 1. The average molecular weight is 2060 g/mol. The maximum absolute atomic E-state index is 12.6. The lowest BCUT2D eigenvalue weighted by Crippen LogP contribution is -2.46. The molecule has 29 heteroatoms. The first-order valence-corrected chi connectivity index (χ1v) is 49.8. The Labute approximate surface area is 808 Å². The second-order valence-corrected chi connectivity index (χ2v) is 38.3. The molecule has 4 aliphatic carbocycles. The molecule has 0 unspecified atom stereocenters. The highest BCUT2D eigenvalue weighted by atomic mass is 79.9. The van der Waals surface area contributed by atoms with Gasteiger partial charge in [0.25, 0.3) is 0 Å². The fraction of sp³-hybridized carbons (Fsp3) is 0.670. The Kier molecular flexibility index (Phi) is 53.0. The minimum absolute atomic E-state index is 0.184. The quantitative estimate of drug-likeness (QED) is 0.0222. The summed E-state index contributed by atoms with van der Waals surface area (Å²) in [6, 6.07) is 19.8. The molecule has 6 fully saturated rings. The lowest BCUT2D eigenvalue weighted by molar-refractivity contribution is 0.0182. The zero-order valence-corrected chi connectivity index (χ0v) is 88.3. The van der Waals surface area contributed by atoms with Gasteiger partial charge >= 0.3 is 30.0 Å². The van der Waals surface area contributed by atoms with Crippen LogP contribution in [0.5, 0.6) is 0 Å². The van der Waals surface area contributed by atoms with Crippen LogP contribution in [-0.2, 0) is 47.4 Å². The number of nitrogens with zero attached hydrogens (tertiary/aromatic N) is 9. The van der Waals surface area contributed by atoms with Gasteiger partial charge in [0.1, 0.15) is 5.60 Å². The van der Waals surface area contributed by atoms with E-state index in [1.54, 1.807) is 26.2 Å². The highest BCUT2D eigenvalue weighted by molar-refractivity contribution is 9.11. The van der Waals surface area contributed by atoms with Gasteiger partial charge in [0.15, 0.2) is 0 Å². The molecule has 724 valence electrons. The monoisotopic (exact) mass is 2050 g/mol. The second kappa shape index (κ2) is 60.3. The normalized spacial score (nSPS) is 19.9. The number of ether oxygens (including phenoxy) is 10. The molecular weight excluding hydrogens is 1900 g/mol. The van der Waals surface area contributed by atoms with E-state index in [1.807, 2.05) is 86.8 Å². The Morgan fingerprint density at radius 3 is 1.04 bits per heavy atom. The highest BCUT2D eigenvalue weighted by Gasteiger charge is 2.36. The van der Waals surface area contributed by atoms with Crippen molar-refractivity contribution in [2.75, 3.05) is 228 Å². The van der Waals surface area contributed by atoms with E-state index in [1.165, 1.54) is 79.8 Å². The molecule has 0 bridgehead atoms. The number of methoxy groups -OCH3 is 7. The summed E-state index contributed by atoms with van der Waals surface area (Å²) in [7, 11) is 19.2. The molecule has 1 amide bonds. The molecule has 2 heterocycles. The summed E-state index contributed by atoms with van der Waals surface area (Å²) >= 11 is 13.8. The molecule has 4 aromatic carbocycles. The first-order chi connectivity index (χ1) is 61.7. The van der Waals surface area contributed by atoms with E-state index in [2.05, 4.69) is 197 Å². The first-order valence-electron chi connectivity index (χ1n) is 46.3. The largest absolute Gasteiger partial charge is 0.465 e.